The van der Waals surface area contributed by atoms with Crippen molar-refractivity contribution < 1.29 is 22.3 Å². The predicted octanol–water partition coefficient (Wildman–Crippen LogP) is 10.9. The second kappa shape index (κ2) is 14.6. The zero-order valence-corrected chi connectivity index (χ0v) is 23.5. The van der Waals surface area contributed by atoms with E-state index >= 15 is 8.78 Å². The van der Waals surface area contributed by atoms with E-state index in [9.17, 15) is 8.78 Å². The van der Waals surface area contributed by atoms with E-state index in [-0.39, 0.29) is 16.7 Å². The van der Waals surface area contributed by atoms with Crippen molar-refractivity contribution in [1.82, 2.24) is 0 Å². The Morgan fingerprint density at radius 2 is 1.38 bits per heavy atom. The zero-order valence-electron chi connectivity index (χ0n) is 23.5. The van der Waals surface area contributed by atoms with Crippen LogP contribution in [0.4, 0.5) is 17.6 Å². The Balaban J connectivity index is 1.43. The molecule has 1 aliphatic rings. The molecule has 1 heterocycles. The number of hydrogen-bond donors (Lipinski definition) is 0. The van der Waals surface area contributed by atoms with Crippen LogP contribution in [0, 0.1) is 29.2 Å². The fraction of sp³-hybridized carbons (Fsp3) is 0.429. The van der Waals surface area contributed by atoms with Crippen molar-refractivity contribution in [3.63, 3.8) is 0 Å². The summed E-state index contributed by atoms with van der Waals surface area (Å²) >= 11 is 0. The molecule has 4 rings (SSSR count). The number of hydrogen-bond acceptors (Lipinski definition) is 1. The Morgan fingerprint density at radius 1 is 0.750 bits per heavy atom. The Bertz CT molecular complexity index is 1260. The molecule has 0 bridgehead atoms. The molecule has 1 nitrogen and oxygen atoms in total. The van der Waals surface area contributed by atoms with Gasteiger partial charge in [0.05, 0.1) is 12.7 Å². The van der Waals surface area contributed by atoms with E-state index in [1.807, 2.05) is 6.08 Å². The van der Waals surface area contributed by atoms with Gasteiger partial charge >= 0.3 is 0 Å². The second-order valence-corrected chi connectivity index (χ2v) is 11.0. The first-order chi connectivity index (χ1) is 19.4. The van der Waals surface area contributed by atoms with E-state index in [1.165, 1.54) is 19.3 Å². The average Bonchev–Trinajstić information content (AvgIpc) is 2.98. The lowest BCUT2D eigenvalue weighted by Crippen LogP contribution is -2.21. The van der Waals surface area contributed by atoms with Gasteiger partial charge in [0.1, 0.15) is 0 Å². The highest BCUT2D eigenvalue weighted by atomic mass is 19.2. The minimum Gasteiger partial charge on any atom is -0.373 e. The summed E-state index contributed by atoms with van der Waals surface area (Å²) in [6.45, 7) is 6.44. The van der Waals surface area contributed by atoms with Crippen LogP contribution < -0.4 is 0 Å². The van der Waals surface area contributed by atoms with Crippen LogP contribution in [-0.4, -0.2) is 6.61 Å². The quantitative estimate of drug-likeness (QED) is 0.116. The van der Waals surface area contributed by atoms with Crippen molar-refractivity contribution in [3.8, 4) is 22.3 Å². The molecule has 40 heavy (non-hydrogen) atoms. The second-order valence-electron chi connectivity index (χ2n) is 11.0. The van der Waals surface area contributed by atoms with Gasteiger partial charge in [0.25, 0.3) is 0 Å². The molecule has 3 aromatic carbocycles. The van der Waals surface area contributed by atoms with Crippen LogP contribution in [0.15, 0.2) is 61.2 Å². The van der Waals surface area contributed by atoms with Gasteiger partial charge in [0.2, 0.25) is 0 Å². The van der Waals surface area contributed by atoms with Crippen LogP contribution in [0.5, 0.6) is 0 Å². The minimum absolute atomic E-state index is 0.119. The van der Waals surface area contributed by atoms with Crippen molar-refractivity contribution >= 4 is 0 Å². The largest absolute Gasteiger partial charge is 0.373 e. The van der Waals surface area contributed by atoms with E-state index in [0.717, 1.165) is 38.5 Å². The molecule has 2 atom stereocenters. The normalized spacial score (nSPS) is 17.2. The van der Waals surface area contributed by atoms with Crippen molar-refractivity contribution in [2.24, 2.45) is 5.92 Å². The molecule has 0 saturated carbocycles. The Kier molecular flexibility index (Phi) is 11.0. The van der Waals surface area contributed by atoms with Gasteiger partial charge in [0, 0.05) is 16.7 Å². The van der Waals surface area contributed by atoms with Crippen LogP contribution in [0.1, 0.15) is 88.4 Å². The van der Waals surface area contributed by atoms with Crippen LogP contribution in [-0.2, 0) is 11.2 Å². The molecule has 0 N–H and O–H groups in total. The molecule has 1 aliphatic heterocycles. The van der Waals surface area contributed by atoms with E-state index in [2.05, 4.69) is 13.5 Å². The van der Waals surface area contributed by atoms with E-state index in [1.54, 1.807) is 48.5 Å². The SMILES string of the molecule is C=CCCC1CCC(c2ccc(-c3ccc(-c4ccc(CCCCCCCC)c(F)c4F)cc3)c(F)c2F)OC1. The molecule has 3 aromatic rings. The maximum atomic E-state index is 15.2. The minimum atomic E-state index is -0.932. The van der Waals surface area contributed by atoms with Gasteiger partial charge in [0.15, 0.2) is 23.3 Å². The van der Waals surface area contributed by atoms with Gasteiger partial charge in [-0.05, 0) is 61.1 Å². The van der Waals surface area contributed by atoms with E-state index in [4.69, 9.17) is 4.74 Å². The number of unbranched alkanes of at least 4 members (excludes halogenated alkanes) is 5. The molecule has 0 radical (unpaired) electrons. The van der Waals surface area contributed by atoms with Crippen LogP contribution in [0.25, 0.3) is 22.3 Å². The Labute approximate surface area is 236 Å². The first-order valence-corrected chi connectivity index (χ1v) is 14.7. The zero-order chi connectivity index (χ0) is 28.5. The van der Waals surface area contributed by atoms with Crippen LogP contribution in [0.2, 0.25) is 0 Å². The maximum absolute atomic E-state index is 15.2. The summed E-state index contributed by atoms with van der Waals surface area (Å²) in [5.74, 6) is -3.10. The monoisotopic (exact) mass is 552 g/mol. The van der Waals surface area contributed by atoms with E-state index < -0.39 is 29.4 Å². The molecule has 0 aromatic heterocycles. The highest BCUT2D eigenvalue weighted by Gasteiger charge is 2.27. The third-order valence-corrected chi connectivity index (χ3v) is 8.08. The number of halogens is 4. The number of aryl methyl sites for hydroxylation is 1. The fourth-order valence-electron chi connectivity index (χ4n) is 5.60. The average molecular weight is 553 g/mol. The van der Waals surface area contributed by atoms with Crippen molar-refractivity contribution in [3.05, 3.63) is 95.6 Å². The summed E-state index contributed by atoms with van der Waals surface area (Å²) in [5.41, 5.74) is 1.83. The number of ether oxygens (including phenoxy) is 1. The van der Waals surface area contributed by atoms with Gasteiger partial charge in [-0.2, -0.15) is 0 Å². The van der Waals surface area contributed by atoms with E-state index in [0.29, 0.717) is 42.1 Å². The summed E-state index contributed by atoms with van der Waals surface area (Å²) < 4.78 is 65.9. The third-order valence-electron chi connectivity index (χ3n) is 8.08. The highest BCUT2D eigenvalue weighted by Crippen LogP contribution is 2.37. The number of rotatable bonds is 13. The lowest BCUT2D eigenvalue weighted by Gasteiger charge is -2.29. The number of allylic oxidation sites excluding steroid dienone is 1. The van der Waals surface area contributed by atoms with Gasteiger partial charge in [-0.15, -0.1) is 6.58 Å². The van der Waals surface area contributed by atoms with Crippen molar-refractivity contribution in [2.45, 2.75) is 83.7 Å². The smallest absolute Gasteiger partial charge is 0.167 e. The van der Waals surface area contributed by atoms with Crippen LogP contribution >= 0.6 is 0 Å². The maximum Gasteiger partial charge on any atom is 0.167 e. The van der Waals surface area contributed by atoms with Gasteiger partial charge in [-0.3, -0.25) is 0 Å². The Hall–Kier alpha value is -2.92. The molecular formula is C35H40F4O. The molecule has 1 saturated heterocycles. The molecule has 214 valence electrons. The lowest BCUT2D eigenvalue weighted by atomic mass is 9.90. The fourth-order valence-corrected chi connectivity index (χ4v) is 5.60. The molecular weight excluding hydrogens is 512 g/mol. The summed E-state index contributed by atoms with van der Waals surface area (Å²) in [7, 11) is 0. The van der Waals surface area contributed by atoms with Gasteiger partial charge in [-0.1, -0.05) is 93.6 Å². The first kappa shape index (κ1) is 30.0. The van der Waals surface area contributed by atoms with Gasteiger partial charge < -0.3 is 4.74 Å². The first-order valence-electron chi connectivity index (χ1n) is 14.7. The third kappa shape index (κ3) is 7.23. The summed E-state index contributed by atoms with van der Waals surface area (Å²) in [6, 6.07) is 12.8. The molecule has 1 fully saturated rings. The molecule has 2 unspecified atom stereocenters. The highest BCUT2D eigenvalue weighted by molar-refractivity contribution is 5.71. The topological polar surface area (TPSA) is 9.23 Å². The summed E-state index contributed by atoms with van der Waals surface area (Å²) in [6.07, 6.45) is 11.9. The van der Waals surface area contributed by atoms with Crippen molar-refractivity contribution in [2.75, 3.05) is 6.61 Å². The van der Waals surface area contributed by atoms with Crippen molar-refractivity contribution in [1.29, 1.82) is 0 Å². The molecule has 0 amide bonds. The predicted molar refractivity (Wildman–Crippen MR) is 155 cm³/mol. The molecule has 0 aliphatic carbocycles. The van der Waals surface area contributed by atoms with Crippen LogP contribution in [0.3, 0.4) is 0 Å². The number of benzene rings is 3. The molecule has 5 heteroatoms. The Morgan fingerprint density at radius 3 is 2.00 bits per heavy atom. The standard InChI is InChI=1S/C35H40F4O/c1-3-5-7-8-9-10-12-27-18-19-28(33(37)32(27)36)25-14-16-26(17-15-25)29-20-21-30(35(39)34(29)38)31-22-13-24(23-40-31)11-6-4-2/h4,14-21,24,31H,2-3,5-13,22-23H2,1H3. The summed E-state index contributed by atoms with van der Waals surface area (Å²) in [4.78, 5) is 0. The lowest BCUT2D eigenvalue weighted by molar-refractivity contribution is -0.0210. The summed E-state index contributed by atoms with van der Waals surface area (Å²) in [5, 5.41) is 0. The van der Waals surface area contributed by atoms with Gasteiger partial charge in [-0.25, -0.2) is 17.6 Å². The molecule has 0 spiro atoms.